The van der Waals surface area contributed by atoms with E-state index in [1.165, 1.54) is 36.5 Å². The lowest BCUT2D eigenvalue weighted by Gasteiger charge is -2.07. The van der Waals surface area contributed by atoms with Gasteiger partial charge >= 0.3 is 5.97 Å². The number of rotatable bonds is 3. The number of benzene rings is 2. The molecule has 29 heavy (non-hydrogen) atoms. The van der Waals surface area contributed by atoms with E-state index in [2.05, 4.69) is 4.98 Å². The van der Waals surface area contributed by atoms with Crippen LogP contribution in [0.4, 0.5) is 4.39 Å². The molecule has 1 aliphatic heterocycles. The van der Waals surface area contributed by atoms with Crippen molar-refractivity contribution < 1.29 is 23.5 Å². The fourth-order valence-electron chi connectivity index (χ4n) is 2.97. The molecule has 3 aromatic rings. The summed E-state index contributed by atoms with van der Waals surface area (Å²) in [7, 11) is 0. The maximum absolute atomic E-state index is 14.0. The fourth-order valence-corrected chi connectivity index (χ4v) is 3.18. The quantitative estimate of drug-likeness (QED) is 0.345. The molecule has 0 saturated heterocycles. The number of hydrogen-bond donors (Lipinski definition) is 0. The number of hydrogen-bond acceptors (Lipinski definition) is 5. The first-order valence-electron chi connectivity index (χ1n) is 8.59. The number of nitrogens with zero attached hydrogens (tertiary/aromatic N) is 1. The molecule has 4 rings (SSSR count). The lowest BCUT2D eigenvalue weighted by atomic mass is 10.0. The molecule has 0 atom stereocenters. The van der Waals surface area contributed by atoms with Gasteiger partial charge in [-0.3, -0.25) is 9.78 Å². The summed E-state index contributed by atoms with van der Waals surface area (Å²) < 4.78 is 25.0. The van der Waals surface area contributed by atoms with Crippen LogP contribution in [0.25, 0.3) is 6.08 Å². The van der Waals surface area contributed by atoms with Crippen molar-refractivity contribution >= 4 is 29.4 Å². The number of allylic oxidation sites excluding steroid dienone is 1. The van der Waals surface area contributed by atoms with Gasteiger partial charge in [-0.15, -0.1) is 0 Å². The van der Waals surface area contributed by atoms with Crippen LogP contribution in [0, 0.1) is 12.7 Å². The molecule has 144 valence electrons. The second kappa shape index (κ2) is 7.48. The number of ether oxygens (including phenoxy) is 2. The zero-order chi connectivity index (χ0) is 20.5. The van der Waals surface area contributed by atoms with Crippen LogP contribution in [0.1, 0.15) is 31.8 Å². The van der Waals surface area contributed by atoms with Gasteiger partial charge in [-0.2, -0.15) is 0 Å². The van der Waals surface area contributed by atoms with E-state index >= 15 is 0 Å². The van der Waals surface area contributed by atoms with Crippen LogP contribution in [-0.2, 0) is 0 Å². The molecule has 1 aliphatic rings. The number of aryl methyl sites for hydroxylation is 1. The average molecular weight is 410 g/mol. The summed E-state index contributed by atoms with van der Waals surface area (Å²) in [4.78, 5) is 28.8. The number of carbonyl (C=O) groups is 2. The Morgan fingerprint density at radius 1 is 1.24 bits per heavy atom. The van der Waals surface area contributed by atoms with Crippen molar-refractivity contribution in [2.75, 3.05) is 0 Å². The number of aromatic nitrogens is 1. The highest BCUT2D eigenvalue weighted by Crippen LogP contribution is 2.38. The van der Waals surface area contributed by atoms with Crippen LogP contribution in [0.5, 0.6) is 11.5 Å². The van der Waals surface area contributed by atoms with Crippen molar-refractivity contribution in [3.8, 4) is 11.5 Å². The van der Waals surface area contributed by atoms with Crippen LogP contribution in [0.2, 0.25) is 5.02 Å². The lowest BCUT2D eigenvalue weighted by molar-refractivity contribution is 0.0734. The van der Waals surface area contributed by atoms with Gasteiger partial charge in [0.1, 0.15) is 17.3 Å². The summed E-state index contributed by atoms with van der Waals surface area (Å²) in [6, 6.07) is 10.4. The van der Waals surface area contributed by atoms with Gasteiger partial charge in [0.25, 0.3) is 0 Å². The molecule has 7 heteroatoms. The predicted molar refractivity (Wildman–Crippen MR) is 105 cm³/mol. The Kier molecular flexibility index (Phi) is 4.86. The minimum absolute atomic E-state index is 0.0613. The van der Waals surface area contributed by atoms with Gasteiger partial charge < -0.3 is 9.47 Å². The number of Topliss-reactive ketones (excluding diaryl/α,β-unsaturated/α-hetero) is 1. The maximum Gasteiger partial charge on any atom is 0.345 e. The monoisotopic (exact) mass is 409 g/mol. The molecule has 2 aromatic carbocycles. The smallest absolute Gasteiger partial charge is 0.345 e. The highest BCUT2D eigenvalue weighted by Gasteiger charge is 2.31. The highest BCUT2D eigenvalue weighted by molar-refractivity contribution is 6.32. The number of carbonyl (C=O) groups excluding carboxylic acids is 2. The Morgan fingerprint density at radius 2 is 2.07 bits per heavy atom. The Labute approximate surface area is 170 Å². The van der Waals surface area contributed by atoms with Crippen LogP contribution in [-0.4, -0.2) is 16.7 Å². The number of ketones is 1. The molecule has 2 heterocycles. The maximum atomic E-state index is 14.0. The SMILES string of the molecule is Cc1cc(OC(=O)c2cccnc2)cc2c1C(=O)/C(=C/c1c(F)cccc1Cl)O2. The van der Waals surface area contributed by atoms with Crippen molar-refractivity contribution in [3.63, 3.8) is 0 Å². The van der Waals surface area contributed by atoms with Gasteiger partial charge in [0.2, 0.25) is 5.78 Å². The van der Waals surface area contributed by atoms with Crippen molar-refractivity contribution in [1.29, 1.82) is 0 Å². The molecule has 0 radical (unpaired) electrons. The summed E-state index contributed by atoms with van der Waals surface area (Å²) >= 11 is 6.02. The summed E-state index contributed by atoms with van der Waals surface area (Å²) in [5, 5.41) is 0.160. The molecule has 5 nitrogen and oxygen atoms in total. The highest BCUT2D eigenvalue weighted by atomic mass is 35.5. The number of halogens is 2. The molecule has 0 saturated carbocycles. The number of esters is 1. The summed E-state index contributed by atoms with van der Waals surface area (Å²) in [6.07, 6.45) is 4.20. The van der Waals surface area contributed by atoms with Gasteiger partial charge in [-0.05, 0) is 48.9 Å². The van der Waals surface area contributed by atoms with Crippen LogP contribution < -0.4 is 9.47 Å². The average Bonchev–Trinajstić information content (AvgIpc) is 3.01. The first kappa shape index (κ1) is 18.8. The van der Waals surface area contributed by atoms with E-state index in [9.17, 15) is 14.0 Å². The summed E-state index contributed by atoms with van der Waals surface area (Å²) in [6.45, 7) is 1.69. The molecule has 0 unspecified atom stereocenters. The van der Waals surface area contributed by atoms with E-state index in [4.69, 9.17) is 21.1 Å². The first-order valence-corrected chi connectivity index (χ1v) is 8.97. The van der Waals surface area contributed by atoms with Crippen molar-refractivity contribution in [1.82, 2.24) is 4.98 Å². The van der Waals surface area contributed by atoms with Crippen molar-refractivity contribution in [3.05, 3.63) is 93.7 Å². The van der Waals surface area contributed by atoms with Gasteiger partial charge in [0.15, 0.2) is 5.76 Å². The van der Waals surface area contributed by atoms with Crippen LogP contribution in [0.3, 0.4) is 0 Å². The van der Waals surface area contributed by atoms with E-state index in [0.717, 1.165) is 0 Å². The van der Waals surface area contributed by atoms with Gasteiger partial charge in [0.05, 0.1) is 16.1 Å². The Hall–Kier alpha value is -3.51. The first-order chi connectivity index (χ1) is 13.9. The van der Waals surface area contributed by atoms with Gasteiger partial charge in [-0.25, -0.2) is 9.18 Å². The second-order valence-electron chi connectivity index (χ2n) is 6.32. The Bertz CT molecular complexity index is 1150. The molecule has 0 aliphatic carbocycles. The third-order valence-corrected chi connectivity index (χ3v) is 4.66. The zero-order valence-corrected chi connectivity index (χ0v) is 15.9. The number of fused-ring (bicyclic) bond motifs is 1. The predicted octanol–water partition coefficient (Wildman–Crippen LogP) is 5.02. The van der Waals surface area contributed by atoms with Gasteiger partial charge in [-0.1, -0.05) is 17.7 Å². The zero-order valence-electron chi connectivity index (χ0n) is 15.1. The molecule has 1 aromatic heterocycles. The van der Waals surface area contributed by atoms with Crippen molar-refractivity contribution in [2.24, 2.45) is 0 Å². The molecule has 0 spiro atoms. The molecular formula is C22H13ClFNO4. The Morgan fingerprint density at radius 3 is 2.79 bits per heavy atom. The fraction of sp³-hybridized carbons (Fsp3) is 0.0455. The summed E-state index contributed by atoms with van der Waals surface area (Å²) in [5.74, 6) is -1.18. The summed E-state index contributed by atoms with van der Waals surface area (Å²) in [5.41, 5.74) is 1.23. The lowest BCUT2D eigenvalue weighted by Crippen LogP contribution is -2.09. The molecular weight excluding hydrogens is 397 g/mol. The second-order valence-corrected chi connectivity index (χ2v) is 6.73. The van der Waals surface area contributed by atoms with E-state index in [0.29, 0.717) is 11.1 Å². The number of pyridine rings is 1. The van der Waals surface area contributed by atoms with Crippen LogP contribution >= 0.6 is 11.6 Å². The molecule has 0 fully saturated rings. The van der Waals surface area contributed by atoms with Gasteiger partial charge in [0, 0.05) is 24.0 Å². The standard InChI is InChI=1S/C22H13ClFNO4/c1-12-8-14(28-22(27)13-4-3-7-25-11-13)9-18-20(12)21(26)19(29-18)10-15-16(23)5-2-6-17(15)24/h2-11H,1H3/b19-10-. The van der Waals surface area contributed by atoms with Crippen molar-refractivity contribution in [2.45, 2.75) is 6.92 Å². The van der Waals surface area contributed by atoms with E-state index < -0.39 is 17.6 Å². The third kappa shape index (κ3) is 3.62. The Balaban J connectivity index is 1.65. The largest absolute Gasteiger partial charge is 0.452 e. The van der Waals surface area contributed by atoms with Crippen LogP contribution in [0.15, 0.2) is 60.6 Å². The third-order valence-electron chi connectivity index (χ3n) is 4.33. The molecule has 0 N–H and O–H groups in total. The molecule has 0 amide bonds. The normalized spacial score (nSPS) is 13.9. The molecule has 0 bridgehead atoms. The minimum atomic E-state index is -0.587. The van der Waals surface area contributed by atoms with E-state index in [1.54, 1.807) is 31.3 Å². The minimum Gasteiger partial charge on any atom is -0.452 e. The van der Waals surface area contributed by atoms with E-state index in [-0.39, 0.29) is 33.4 Å². The topological polar surface area (TPSA) is 65.5 Å². The van der Waals surface area contributed by atoms with E-state index in [1.807, 2.05) is 0 Å².